The zero-order valence-corrected chi connectivity index (χ0v) is 18.8. The van der Waals surface area contributed by atoms with Gasteiger partial charge in [0.15, 0.2) is 11.5 Å². The van der Waals surface area contributed by atoms with Crippen LogP contribution in [0.4, 0.5) is 9.52 Å². The minimum atomic E-state index is -0.597. The number of nitriles is 1. The first-order chi connectivity index (χ1) is 15.4. The highest BCUT2D eigenvalue weighted by atomic mass is 35.5. The molecular weight excluding hydrogens is 455 g/mol. The van der Waals surface area contributed by atoms with Crippen molar-refractivity contribution in [3.05, 3.63) is 68.9 Å². The summed E-state index contributed by atoms with van der Waals surface area (Å²) in [6.07, 6.45) is 2.11. The van der Waals surface area contributed by atoms with Crippen molar-refractivity contribution in [2.75, 3.05) is 12.4 Å². The average molecular weight is 473 g/mol. The van der Waals surface area contributed by atoms with E-state index in [-0.39, 0.29) is 22.8 Å². The van der Waals surface area contributed by atoms with Crippen molar-refractivity contribution in [3.63, 3.8) is 0 Å². The fourth-order valence-corrected chi connectivity index (χ4v) is 3.53. The number of aromatic nitrogens is 2. The molecule has 0 saturated heterocycles. The van der Waals surface area contributed by atoms with Gasteiger partial charge in [0, 0.05) is 5.56 Å². The van der Waals surface area contributed by atoms with Gasteiger partial charge in [-0.2, -0.15) is 5.26 Å². The molecule has 3 aromatic rings. The van der Waals surface area contributed by atoms with Gasteiger partial charge >= 0.3 is 0 Å². The second kappa shape index (κ2) is 10.7. The third-order valence-corrected chi connectivity index (χ3v) is 5.62. The lowest BCUT2D eigenvalue weighted by Gasteiger charge is -2.12. The van der Waals surface area contributed by atoms with E-state index in [1.165, 1.54) is 36.7 Å². The zero-order chi connectivity index (χ0) is 23.1. The molecule has 0 unspecified atom stereocenters. The van der Waals surface area contributed by atoms with Gasteiger partial charge in [-0.15, -0.1) is 10.2 Å². The number of hydrogen-bond donors (Lipinski definition) is 1. The maximum Gasteiger partial charge on any atom is 0.268 e. The number of carbonyl (C=O) groups is 1. The Morgan fingerprint density at radius 1 is 1.31 bits per heavy atom. The van der Waals surface area contributed by atoms with Gasteiger partial charge in [-0.3, -0.25) is 10.1 Å². The second-order valence-corrected chi connectivity index (χ2v) is 7.85. The number of rotatable bonds is 8. The maximum atomic E-state index is 14.0. The molecule has 1 N–H and O–H groups in total. The summed E-state index contributed by atoms with van der Waals surface area (Å²) in [5.74, 6) is -0.365. The van der Waals surface area contributed by atoms with Crippen molar-refractivity contribution in [2.24, 2.45) is 0 Å². The summed E-state index contributed by atoms with van der Waals surface area (Å²) in [6, 6.07) is 11.1. The van der Waals surface area contributed by atoms with Gasteiger partial charge in [-0.05, 0) is 42.3 Å². The number of halogens is 2. The summed E-state index contributed by atoms with van der Waals surface area (Å²) < 4.78 is 25.0. The number of nitrogens with zero attached hydrogens (tertiary/aromatic N) is 3. The molecule has 0 aliphatic carbocycles. The monoisotopic (exact) mass is 472 g/mol. The highest BCUT2D eigenvalue weighted by Gasteiger charge is 2.14. The molecule has 164 valence electrons. The quantitative estimate of drug-likeness (QED) is 0.365. The molecule has 0 bridgehead atoms. The summed E-state index contributed by atoms with van der Waals surface area (Å²) in [5, 5.41) is 21.1. The van der Waals surface area contributed by atoms with E-state index in [1.807, 2.05) is 13.0 Å². The van der Waals surface area contributed by atoms with Crippen molar-refractivity contribution in [2.45, 2.75) is 20.0 Å². The third-order valence-electron chi connectivity index (χ3n) is 4.29. The minimum absolute atomic E-state index is 0.0928. The normalized spacial score (nSPS) is 11.0. The lowest BCUT2D eigenvalue weighted by Crippen LogP contribution is -2.13. The first kappa shape index (κ1) is 23.2. The largest absolute Gasteiger partial charge is 0.493 e. The summed E-state index contributed by atoms with van der Waals surface area (Å²) in [4.78, 5) is 12.4. The molecule has 3 rings (SSSR count). The van der Waals surface area contributed by atoms with Gasteiger partial charge in [0.1, 0.15) is 29.1 Å². The van der Waals surface area contributed by atoms with E-state index in [9.17, 15) is 14.4 Å². The highest BCUT2D eigenvalue weighted by molar-refractivity contribution is 7.15. The second-order valence-electron chi connectivity index (χ2n) is 6.38. The van der Waals surface area contributed by atoms with Crippen LogP contribution in [0.5, 0.6) is 11.5 Å². The van der Waals surface area contributed by atoms with Gasteiger partial charge in [0.05, 0.1) is 12.1 Å². The van der Waals surface area contributed by atoms with Crippen molar-refractivity contribution in [1.82, 2.24) is 10.2 Å². The average Bonchev–Trinajstić information content (AvgIpc) is 3.25. The Balaban J connectivity index is 1.76. The number of nitrogens with one attached hydrogen (secondary N) is 1. The van der Waals surface area contributed by atoms with Crippen LogP contribution < -0.4 is 14.8 Å². The van der Waals surface area contributed by atoms with Crippen LogP contribution in [0.25, 0.3) is 6.08 Å². The molecule has 0 radical (unpaired) electrons. The van der Waals surface area contributed by atoms with E-state index < -0.39 is 11.7 Å². The topological polar surface area (TPSA) is 97.1 Å². The molecular formula is C22H18ClFN4O3S. The maximum absolute atomic E-state index is 14.0. The molecule has 1 amide bonds. The fourth-order valence-electron chi connectivity index (χ4n) is 2.64. The van der Waals surface area contributed by atoms with Crippen LogP contribution in [0, 0.1) is 17.1 Å². The molecule has 1 heterocycles. The molecule has 0 aliphatic heterocycles. The molecule has 2 aromatic carbocycles. The molecule has 0 fully saturated rings. The Morgan fingerprint density at radius 2 is 2.12 bits per heavy atom. The minimum Gasteiger partial charge on any atom is -0.493 e. The number of ether oxygens (including phenoxy) is 2. The van der Waals surface area contributed by atoms with Gasteiger partial charge in [0.2, 0.25) is 5.13 Å². The lowest BCUT2D eigenvalue weighted by atomic mass is 10.1. The van der Waals surface area contributed by atoms with Crippen molar-refractivity contribution >= 4 is 40.1 Å². The summed E-state index contributed by atoms with van der Waals surface area (Å²) in [6.45, 7) is 1.84. The highest BCUT2D eigenvalue weighted by Crippen LogP contribution is 2.31. The van der Waals surface area contributed by atoms with Gasteiger partial charge in [0.25, 0.3) is 5.91 Å². The van der Waals surface area contributed by atoms with Crippen LogP contribution >= 0.6 is 22.9 Å². The van der Waals surface area contributed by atoms with Gasteiger partial charge in [-0.25, -0.2) is 4.39 Å². The van der Waals surface area contributed by atoms with E-state index in [0.717, 1.165) is 5.01 Å². The summed E-state index contributed by atoms with van der Waals surface area (Å²) in [7, 11) is 1.45. The van der Waals surface area contributed by atoms with E-state index >= 15 is 0 Å². The predicted octanol–water partition coefficient (Wildman–Crippen LogP) is 5.03. The molecule has 0 aliphatic rings. The van der Waals surface area contributed by atoms with E-state index in [4.69, 9.17) is 21.1 Å². The van der Waals surface area contributed by atoms with Crippen LogP contribution in [0.3, 0.4) is 0 Å². The number of hydrogen-bond acceptors (Lipinski definition) is 7. The van der Waals surface area contributed by atoms with Crippen molar-refractivity contribution in [3.8, 4) is 17.6 Å². The molecule has 32 heavy (non-hydrogen) atoms. The fraction of sp³-hybridized carbons (Fsp3) is 0.182. The lowest BCUT2D eigenvalue weighted by molar-refractivity contribution is -0.112. The summed E-state index contributed by atoms with van der Waals surface area (Å²) >= 11 is 7.28. The van der Waals surface area contributed by atoms with Gasteiger partial charge in [-0.1, -0.05) is 42.0 Å². The van der Waals surface area contributed by atoms with E-state index in [2.05, 4.69) is 15.5 Å². The Morgan fingerprint density at radius 3 is 2.78 bits per heavy atom. The number of amides is 1. The number of carbonyl (C=O) groups excluding carboxylic acids is 1. The Bertz CT molecular complexity index is 1190. The smallest absolute Gasteiger partial charge is 0.268 e. The van der Waals surface area contributed by atoms with Crippen LogP contribution in [-0.4, -0.2) is 23.2 Å². The van der Waals surface area contributed by atoms with E-state index in [0.29, 0.717) is 28.6 Å². The number of anilines is 1. The number of methoxy groups -OCH3 is 1. The number of aryl methyl sites for hydroxylation is 1. The number of benzene rings is 2. The molecule has 10 heteroatoms. The van der Waals surface area contributed by atoms with Gasteiger partial charge < -0.3 is 9.47 Å². The first-order valence-electron chi connectivity index (χ1n) is 9.44. The van der Waals surface area contributed by atoms with Crippen LogP contribution in [0.1, 0.15) is 23.1 Å². The van der Waals surface area contributed by atoms with Crippen molar-refractivity contribution in [1.29, 1.82) is 5.26 Å². The van der Waals surface area contributed by atoms with Crippen molar-refractivity contribution < 1.29 is 18.7 Å². The molecule has 0 spiro atoms. The molecule has 7 nitrogen and oxygen atoms in total. The van der Waals surface area contributed by atoms with Crippen LogP contribution in [-0.2, 0) is 17.8 Å². The molecule has 0 saturated carbocycles. The molecule has 0 atom stereocenters. The van der Waals surface area contributed by atoms with Crippen LogP contribution in [0.15, 0.2) is 42.0 Å². The Kier molecular flexibility index (Phi) is 7.76. The first-order valence-corrected chi connectivity index (χ1v) is 10.6. The van der Waals surface area contributed by atoms with E-state index in [1.54, 1.807) is 24.3 Å². The Hall–Kier alpha value is -3.48. The zero-order valence-electron chi connectivity index (χ0n) is 17.2. The SMILES string of the molecule is CCc1nnc(NC(=O)C(C#N)=Cc2ccc(OCc3c(F)cccc3Cl)c(OC)c2)s1. The third kappa shape index (κ3) is 5.60. The Labute approximate surface area is 193 Å². The summed E-state index contributed by atoms with van der Waals surface area (Å²) in [5.41, 5.74) is 0.648. The van der Waals surface area contributed by atoms with Crippen LogP contribution in [0.2, 0.25) is 5.02 Å². The predicted molar refractivity (Wildman–Crippen MR) is 120 cm³/mol. The molecule has 1 aromatic heterocycles. The standard InChI is InChI=1S/C22H18ClFN4O3S/c1-3-20-27-28-22(32-20)26-21(29)14(11-25)9-13-7-8-18(19(10-13)30-2)31-12-15-16(23)5-4-6-17(15)24/h4-10H,3,12H2,1-2H3,(H,26,28,29).